The molecular weight excluding hydrogens is 282 g/mol. The fraction of sp³-hybridized carbons (Fsp3) is 0.0769. The standard InChI is InChI=1S/C13H10BrNO2/c1-2-3-4-11-13(16)17-12(15-11)9-5-7-10(14)8-6-9/h2-8H,1H3/b3-2+,11-4-. The molecule has 1 aromatic carbocycles. The topological polar surface area (TPSA) is 38.7 Å². The van der Waals surface area contributed by atoms with Gasteiger partial charge in [0.2, 0.25) is 5.90 Å². The normalized spacial score (nSPS) is 17.6. The maximum absolute atomic E-state index is 11.5. The molecule has 0 bridgehead atoms. The minimum Gasteiger partial charge on any atom is -0.402 e. The Morgan fingerprint density at radius 3 is 2.65 bits per heavy atom. The number of esters is 1. The molecule has 1 aliphatic rings. The first-order valence-corrected chi connectivity index (χ1v) is 5.90. The van der Waals surface area contributed by atoms with Gasteiger partial charge in [0.05, 0.1) is 0 Å². The second-order valence-corrected chi connectivity index (χ2v) is 4.31. The van der Waals surface area contributed by atoms with E-state index in [1.807, 2.05) is 37.3 Å². The summed E-state index contributed by atoms with van der Waals surface area (Å²) in [5, 5.41) is 0. The Hall–Kier alpha value is -1.68. The number of allylic oxidation sites excluding steroid dienone is 3. The van der Waals surface area contributed by atoms with Gasteiger partial charge in [-0.2, -0.15) is 0 Å². The third-order valence-electron chi connectivity index (χ3n) is 2.16. The summed E-state index contributed by atoms with van der Waals surface area (Å²) in [6.07, 6.45) is 5.21. The molecule has 0 aliphatic carbocycles. The van der Waals surface area contributed by atoms with E-state index in [4.69, 9.17) is 4.74 Å². The molecule has 0 unspecified atom stereocenters. The van der Waals surface area contributed by atoms with E-state index in [2.05, 4.69) is 20.9 Å². The van der Waals surface area contributed by atoms with Gasteiger partial charge < -0.3 is 4.74 Å². The zero-order valence-corrected chi connectivity index (χ0v) is 10.8. The highest BCUT2D eigenvalue weighted by molar-refractivity contribution is 9.10. The van der Waals surface area contributed by atoms with Gasteiger partial charge in [0.1, 0.15) is 0 Å². The number of halogens is 1. The van der Waals surface area contributed by atoms with Crippen molar-refractivity contribution in [3.8, 4) is 0 Å². The van der Waals surface area contributed by atoms with Crippen LogP contribution in [0.2, 0.25) is 0 Å². The lowest BCUT2D eigenvalue weighted by molar-refractivity contribution is -0.130. The highest BCUT2D eigenvalue weighted by Crippen LogP contribution is 2.18. The molecule has 0 aromatic heterocycles. The molecule has 0 saturated heterocycles. The Bertz CT molecular complexity index is 527. The van der Waals surface area contributed by atoms with Crippen molar-refractivity contribution >= 4 is 27.8 Å². The van der Waals surface area contributed by atoms with Gasteiger partial charge in [-0.25, -0.2) is 9.79 Å². The maximum Gasteiger partial charge on any atom is 0.363 e. The van der Waals surface area contributed by atoms with Crippen LogP contribution >= 0.6 is 15.9 Å². The quantitative estimate of drug-likeness (QED) is 0.620. The first-order chi connectivity index (χ1) is 8.20. The Labute approximate surface area is 108 Å². The molecule has 0 atom stereocenters. The molecule has 1 aromatic rings. The van der Waals surface area contributed by atoms with Crippen LogP contribution in [-0.2, 0) is 9.53 Å². The molecule has 0 radical (unpaired) electrons. The molecule has 1 aliphatic heterocycles. The predicted octanol–water partition coefficient (Wildman–Crippen LogP) is 3.21. The molecule has 2 rings (SSSR count). The molecule has 86 valence electrons. The van der Waals surface area contributed by atoms with E-state index in [1.165, 1.54) is 0 Å². The zero-order valence-electron chi connectivity index (χ0n) is 9.18. The van der Waals surface area contributed by atoms with Gasteiger partial charge in [-0.15, -0.1) is 0 Å². The van der Waals surface area contributed by atoms with E-state index in [1.54, 1.807) is 12.2 Å². The molecule has 4 heteroatoms. The average molecular weight is 292 g/mol. The fourth-order valence-corrected chi connectivity index (χ4v) is 1.59. The third-order valence-corrected chi connectivity index (χ3v) is 2.69. The van der Waals surface area contributed by atoms with Gasteiger partial charge in [-0.3, -0.25) is 0 Å². The molecular formula is C13H10BrNO2. The second-order valence-electron chi connectivity index (χ2n) is 3.39. The number of carbonyl (C=O) groups excluding carboxylic acids is 1. The van der Waals surface area contributed by atoms with E-state index in [9.17, 15) is 4.79 Å². The zero-order chi connectivity index (χ0) is 12.3. The van der Waals surface area contributed by atoms with Gasteiger partial charge >= 0.3 is 5.97 Å². The van der Waals surface area contributed by atoms with Crippen molar-refractivity contribution in [3.05, 3.63) is 58.2 Å². The van der Waals surface area contributed by atoms with Crippen molar-refractivity contribution in [3.63, 3.8) is 0 Å². The molecule has 0 N–H and O–H groups in total. The van der Waals surface area contributed by atoms with Crippen molar-refractivity contribution in [1.82, 2.24) is 0 Å². The third kappa shape index (κ3) is 2.71. The summed E-state index contributed by atoms with van der Waals surface area (Å²) in [6, 6.07) is 7.43. The lowest BCUT2D eigenvalue weighted by Crippen LogP contribution is -2.04. The summed E-state index contributed by atoms with van der Waals surface area (Å²) in [6.45, 7) is 1.87. The second kappa shape index (κ2) is 5.10. The van der Waals surface area contributed by atoms with E-state index in [0.717, 1.165) is 10.0 Å². The average Bonchev–Trinajstić information content (AvgIpc) is 2.69. The largest absolute Gasteiger partial charge is 0.402 e. The van der Waals surface area contributed by atoms with Crippen molar-refractivity contribution in [2.24, 2.45) is 4.99 Å². The van der Waals surface area contributed by atoms with E-state index in [0.29, 0.717) is 11.6 Å². The van der Waals surface area contributed by atoms with Gasteiger partial charge in [-0.05, 0) is 37.3 Å². The Morgan fingerprint density at radius 1 is 1.29 bits per heavy atom. The van der Waals surface area contributed by atoms with Crippen LogP contribution < -0.4 is 0 Å². The van der Waals surface area contributed by atoms with Crippen LogP contribution in [0.25, 0.3) is 0 Å². The number of hydrogen-bond donors (Lipinski definition) is 0. The number of ether oxygens (including phenoxy) is 1. The van der Waals surface area contributed by atoms with Crippen LogP contribution in [0, 0.1) is 0 Å². The van der Waals surface area contributed by atoms with Crippen LogP contribution in [0.1, 0.15) is 12.5 Å². The summed E-state index contributed by atoms with van der Waals surface area (Å²) in [5.74, 6) is -0.0701. The van der Waals surface area contributed by atoms with Crippen LogP contribution in [0.3, 0.4) is 0 Å². The molecule has 3 nitrogen and oxygen atoms in total. The van der Waals surface area contributed by atoms with E-state index in [-0.39, 0.29) is 0 Å². The van der Waals surface area contributed by atoms with E-state index < -0.39 is 5.97 Å². The highest BCUT2D eigenvalue weighted by atomic mass is 79.9. The number of hydrogen-bond acceptors (Lipinski definition) is 3. The Kier molecular flexibility index (Phi) is 3.54. The van der Waals surface area contributed by atoms with Crippen LogP contribution in [0.4, 0.5) is 0 Å². The maximum atomic E-state index is 11.5. The lowest BCUT2D eigenvalue weighted by atomic mass is 10.2. The number of carbonyl (C=O) groups is 1. The molecule has 0 amide bonds. The first-order valence-electron chi connectivity index (χ1n) is 5.10. The smallest absolute Gasteiger partial charge is 0.363 e. The SMILES string of the molecule is C/C=C/C=C1\N=C(c2ccc(Br)cc2)OC1=O. The van der Waals surface area contributed by atoms with Crippen LogP contribution in [0.15, 0.2) is 57.7 Å². The summed E-state index contributed by atoms with van der Waals surface area (Å²) in [7, 11) is 0. The summed E-state index contributed by atoms with van der Waals surface area (Å²) in [4.78, 5) is 15.6. The monoisotopic (exact) mass is 291 g/mol. The van der Waals surface area contributed by atoms with Crippen molar-refractivity contribution in [2.75, 3.05) is 0 Å². The Balaban J connectivity index is 2.30. The minimum atomic E-state index is -0.416. The number of rotatable bonds is 2. The summed E-state index contributed by atoms with van der Waals surface area (Å²) in [5.41, 5.74) is 1.10. The molecule has 0 fully saturated rings. The Morgan fingerprint density at radius 2 is 2.00 bits per heavy atom. The van der Waals surface area contributed by atoms with Crippen LogP contribution in [0.5, 0.6) is 0 Å². The fourth-order valence-electron chi connectivity index (χ4n) is 1.33. The molecule has 17 heavy (non-hydrogen) atoms. The molecule has 0 saturated carbocycles. The number of aliphatic imine (C=N–C) groups is 1. The summed E-state index contributed by atoms with van der Waals surface area (Å²) >= 11 is 3.34. The lowest BCUT2D eigenvalue weighted by Gasteiger charge is -1.98. The first kappa shape index (κ1) is 11.8. The summed E-state index contributed by atoms with van der Waals surface area (Å²) < 4.78 is 6.06. The van der Waals surface area contributed by atoms with Crippen molar-refractivity contribution < 1.29 is 9.53 Å². The predicted molar refractivity (Wildman–Crippen MR) is 69.7 cm³/mol. The highest BCUT2D eigenvalue weighted by Gasteiger charge is 2.23. The van der Waals surface area contributed by atoms with Crippen molar-refractivity contribution in [2.45, 2.75) is 6.92 Å². The molecule has 0 spiro atoms. The number of nitrogens with zero attached hydrogens (tertiary/aromatic N) is 1. The van der Waals surface area contributed by atoms with E-state index >= 15 is 0 Å². The van der Waals surface area contributed by atoms with Crippen LogP contribution in [-0.4, -0.2) is 11.9 Å². The van der Waals surface area contributed by atoms with Gasteiger partial charge in [0, 0.05) is 10.0 Å². The van der Waals surface area contributed by atoms with Gasteiger partial charge in [0.25, 0.3) is 0 Å². The van der Waals surface area contributed by atoms with Crippen molar-refractivity contribution in [1.29, 1.82) is 0 Å². The minimum absolute atomic E-state index is 0.320. The van der Waals surface area contributed by atoms with Gasteiger partial charge in [0.15, 0.2) is 5.70 Å². The molecule has 1 heterocycles. The number of cyclic esters (lactones) is 1. The van der Waals surface area contributed by atoms with Gasteiger partial charge in [-0.1, -0.05) is 28.1 Å². The number of benzene rings is 1.